The average molecular weight is 375 g/mol. The predicted molar refractivity (Wildman–Crippen MR) is 111 cm³/mol. The van der Waals surface area contributed by atoms with Gasteiger partial charge < -0.3 is 10.2 Å². The van der Waals surface area contributed by atoms with Crippen LogP contribution in [0.25, 0.3) is 6.08 Å². The molecule has 4 rings (SSSR count). The van der Waals surface area contributed by atoms with Gasteiger partial charge in [0.1, 0.15) is 0 Å². The Morgan fingerprint density at radius 1 is 1.00 bits per heavy atom. The normalized spacial score (nSPS) is 20.1. The number of piperazine rings is 1. The number of hydrogen-bond donors (Lipinski definition) is 1. The van der Waals surface area contributed by atoms with E-state index in [0.29, 0.717) is 13.1 Å². The first-order valence-electron chi connectivity index (χ1n) is 9.82. The molecule has 0 aromatic heterocycles. The molecule has 5 nitrogen and oxygen atoms in total. The summed E-state index contributed by atoms with van der Waals surface area (Å²) in [5.74, 6) is -0.377. The van der Waals surface area contributed by atoms with E-state index in [1.54, 1.807) is 0 Å². The van der Waals surface area contributed by atoms with Crippen molar-refractivity contribution in [1.29, 1.82) is 0 Å². The Hall–Kier alpha value is -2.92. The molecule has 2 aliphatic rings. The average Bonchev–Trinajstić information content (AvgIpc) is 2.74. The van der Waals surface area contributed by atoms with Gasteiger partial charge in [-0.3, -0.25) is 14.5 Å². The first-order valence-corrected chi connectivity index (χ1v) is 9.82. The molecule has 2 aliphatic heterocycles. The quantitative estimate of drug-likeness (QED) is 0.894. The Morgan fingerprint density at radius 2 is 1.71 bits per heavy atom. The van der Waals surface area contributed by atoms with Gasteiger partial charge in [-0.15, -0.1) is 0 Å². The lowest BCUT2D eigenvalue weighted by atomic mass is 9.89. The maximum atomic E-state index is 13.1. The second-order valence-electron chi connectivity index (χ2n) is 7.33. The Bertz CT molecular complexity index is 870. The largest absolute Gasteiger partial charge is 0.340 e. The third kappa shape index (κ3) is 4.15. The molecule has 2 aromatic rings. The molecule has 2 heterocycles. The predicted octanol–water partition coefficient (Wildman–Crippen LogP) is 2.97. The number of hydrogen-bond acceptors (Lipinski definition) is 3. The minimum absolute atomic E-state index is 0.0711. The van der Waals surface area contributed by atoms with Crippen LogP contribution in [0.5, 0.6) is 0 Å². The number of anilines is 1. The summed E-state index contributed by atoms with van der Waals surface area (Å²) in [7, 11) is 0. The van der Waals surface area contributed by atoms with E-state index in [1.807, 2.05) is 47.4 Å². The molecule has 1 fully saturated rings. The lowest BCUT2D eigenvalue weighted by molar-refractivity contribution is -0.136. The summed E-state index contributed by atoms with van der Waals surface area (Å²) >= 11 is 0. The Balaban J connectivity index is 1.33. The monoisotopic (exact) mass is 375 g/mol. The molecule has 0 bridgehead atoms. The van der Waals surface area contributed by atoms with Gasteiger partial charge in [-0.05, 0) is 17.2 Å². The molecular formula is C23H25N3O2. The van der Waals surface area contributed by atoms with E-state index in [-0.39, 0.29) is 24.2 Å². The first kappa shape index (κ1) is 18.4. The number of carbonyl (C=O) groups is 2. The maximum Gasteiger partial charge on any atom is 0.230 e. The summed E-state index contributed by atoms with van der Waals surface area (Å²) < 4.78 is 0. The molecule has 1 unspecified atom stereocenters. The van der Waals surface area contributed by atoms with Crippen molar-refractivity contribution in [3.8, 4) is 0 Å². The number of fused-ring (bicyclic) bond motifs is 1. The molecule has 1 atom stereocenters. The van der Waals surface area contributed by atoms with Crippen molar-refractivity contribution in [3.05, 3.63) is 71.8 Å². The van der Waals surface area contributed by atoms with E-state index in [1.165, 1.54) is 5.56 Å². The van der Waals surface area contributed by atoms with Crippen LogP contribution in [0.3, 0.4) is 0 Å². The summed E-state index contributed by atoms with van der Waals surface area (Å²) in [6.45, 7) is 4.00. The van der Waals surface area contributed by atoms with Crippen molar-refractivity contribution in [3.63, 3.8) is 0 Å². The Morgan fingerprint density at radius 3 is 2.50 bits per heavy atom. The third-order valence-corrected chi connectivity index (χ3v) is 5.46. The summed E-state index contributed by atoms with van der Waals surface area (Å²) in [6.07, 6.45) is 4.54. The molecule has 0 saturated carbocycles. The molecule has 2 amide bonds. The summed E-state index contributed by atoms with van der Waals surface area (Å²) in [6, 6.07) is 17.9. The van der Waals surface area contributed by atoms with Gasteiger partial charge in [-0.1, -0.05) is 60.7 Å². The van der Waals surface area contributed by atoms with Gasteiger partial charge in [0.25, 0.3) is 0 Å². The second-order valence-corrected chi connectivity index (χ2v) is 7.33. The van der Waals surface area contributed by atoms with Gasteiger partial charge in [-0.25, -0.2) is 0 Å². The number of amides is 2. The van der Waals surface area contributed by atoms with E-state index in [4.69, 9.17) is 0 Å². The summed E-state index contributed by atoms with van der Waals surface area (Å²) in [5.41, 5.74) is 2.90. The van der Waals surface area contributed by atoms with Crippen LogP contribution in [0.1, 0.15) is 23.5 Å². The molecule has 2 aromatic carbocycles. The van der Waals surface area contributed by atoms with Gasteiger partial charge in [0.2, 0.25) is 11.8 Å². The zero-order valence-electron chi connectivity index (χ0n) is 15.9. The molecule has 1 saturated heterocycles. The zero-order valence-corrected chi connectivity index (χ0v) is 15.9. The van der Waals surface area contributed by atoms with Crippen LogP contribution in [-0.4, -0.2) is 54.3 Å². The number of carbonyl (C=O) groups excluding carboxylic acids is 2. The zero-order chi connectivity index (χ0) is 19.3. The topological polar surface area (TPSA) is 52.7 Å². The van der Waals surface area contributed by atoms with Crippen molar-refractivity contribution >= 4 is 23.6 Å². The van der Waals surface area contributed by atoms with Crippen LogP contribution in [0.2, 0.25) is 0 Å². The van der Waals surface area contributed by atoms with Crippen LogP contribution >= 0.6 is 0 Å². The van der Waals surface area contributed by atoms with Crippen LogP contribution in [-0.2, 0) is 9.59 Å². The Labute approximate surface area is 165 Å². The van der Waals surface area contributed by atoms with E-state index in [9.17, 15) is 9.59 Å². The van der Waals surface area contributed by atoms with Gasteiger partial charge >= 0.3 is 0 Å². The Kier molecular flexibility index (Phi) is 5.53. The van der Waals surface area contributed by atoms with Crippen LogP contribution in [0.4, 0.5) is 5.69 Å². The number of nitrogens with one attached hydrogen (secondary N) is 1. The van der Waals surface area contributed by atoms with Crippen molar-refractivity contribution in [2.75, 3.05) is 38.0 Å². The first-order chi connectivity index (χ1) is 13.7. The van der Waals surface area contributed by atoms with Crippen molar-refractivity contribution in [2.45, 2.75) is 12.3 Å². The van der Waals surface area contributed by atoms with Gasteiger partial charge in [0, 0.05) is 44.8 Å². The van der Waals surface area contributed by atoms with Crippen LogP contribution in [0.15, 0.2) is 60.7 Å². The molecule has 1 N–H and O–H groups in total. The minimum atomic E-state index is -0.366. The third-order valence-electron chi connectivity index (χ3n) is 5.46. The highest BCUT2D eigenvalue weighted by Crippen LogP contribution is 2.33. The fourth-order valence-electron chi connectivity index (χ4n) is 3.90. The second kappa shape index (κ2) is 8.40. The highest BCUT2D eigenvalue weighted by atomic mass is 16.2. The lowest BCUT2D eigenvalue weighted by Crippen LogP contribution is -2.50. The van der Waals surface area contributed by atoms with E-state index < -0.39 is 0 Å². The van der Waals surface area contributed by atoms with Gasteiger partial charge in [0.05, 0.1) is 5.92 Å². The molecule has 28 heavy (non-hydrogen) atoms. The highest BCUT2D eigenvalue weighted by molar-refractivity contribution is 6.01. The van der Waals surface area contributed by atoms with Gasteiger partial charge in [0.15, 0.2) is 0 Å². The molecule has 5 heteroatoms. The molecular weight excluding hydrogens is 350 g/mol. The molecule has 144 valence electrons. The van der Waals surface area contributed by atoms with Crippen LogP contribution in [0, 0.1) is 0 Å². The standard InChI is InChI=1S/C23H25N3O2/c27-22-17-20(19-10-4-5-11-21(19)24-22)23(28)26-15-13-25(14-16-26)12-6-9-18-7-2-1-3-8-18/h1-11,20H,12-17H2,(H,24,27)/b9-6+. The van der Waals surface area contributed by atoms with Crippen molar-refractivity contribution < 1.29 is 9.59 Å². The highest BCUT2D eigenvalue weighted by Gasteiger charge is 2.34. The number of para-hydroxylation sites is 1. The molecule has 0 spiro atoms. The smallest absolute Gasteiger partial charge is 0.230 e. The summed E-state index contributed by atoms with van der Waals surface area (Å²) in [5, 5.41) is 2.87. The van der Waals surface area contributed by atoms with Crippen molar-refractivity contribution in [2.24, 2.45) is 0 Å². The van der Waals surface area contributed by atoms with Gasteiger partial charge in [-0.2, -0.15) is 0 Å². The molecule has 0 aliphatic carbocycles. The fourth-order valence-corrected chi connectivity index (χ4v) is 3.90. The number of rotatable bonds is 4. The number of nitrogens with zero attached hydrogens (tertiary/aromatic N) is 2. The van der Waals surface area contributed by atoms with E-state index >= 15 is 0 Å². The van der Waals surface area contributed by atoms with Crippen LogP contribution < -0.4 is 5.32 Å². The lowest BCUT2D eigenvalue weighted by Gasteiger charge is -2.37. The number of benzene rings is 2. The van der Waals surface area contributed by atoms with E-state index in [2.05, 4.69) is 34.5 Å². The maximum absolute atomic E-state index is 13.1. The minimum Gasteiger partial charge on any atom is -0.340 e. The fraction of sp³-hybridized carbons (Fsp3) is 0.304. The SMILES string of the molecule is O=C1CC(C(=O)N2CCN(C/C=C/c3ccccc3)CC2)c2ccccc2N1. The van der Waals surface area contributed by atoms with Crippen molar-refractivity contribution in [1.82, 2.24) is 9.80 Å². The molecule has 0 radical (unpaired) electrons. The summed E-state index contributed by atoms with van der Waals surface area (Å²) in [4.78, 5) is 29.4. The van der Waals surface area contributed by atoms with E-state index in [0.717, 1.165) is 30.9 Å².